The number of nitrogens with one attached hydrogen (secondary N) is 1. The van der Waals surface area contributed by atoms with Gasteiger partial charge in [0.15, 0.2) is 0 Å². The van der Waals surface area contributed by atoms with Crippen molar-refractivity contribution in [3.8, 4) is 0 Å². The molecule has 82 valence electrons. The van der Waals surface area contributed by atoms with Crippen molar-refractivity contribution in [1.82, 2.24) is 5.32 Å². The predicted octanol–water partition coefficient (Wildman–Crippen LogP) is 0.409. The van der Waals surface area contributed by atoms with Gasteiger partial charge in [-0.1, -0.05) is 6.92 Å². The molecule has 0 atom stereocenters. The Morgan fingerprint density at radius 2 is 2.07 bits per heavy atom. The monoisotopic (exact) mass is 200 g/mol. The molecule has 0 aliphatic heterocycles. The molecule has 0 spiro atoms. The molecule has 0 aromatic carbocycles. The number of esters is 1. The predicted molar refractivity (Wildman–Crippen MR) is 54.9 cm³/mol. The molecular weight excluding hydrogens is 180 g/mol. The third-order valence-corrected chi connectivity index (χ3v) is 2.63. The summed E-state index contributed by atoms with van der Waals surface area (Å²) >= 11 is 0. The average molecular weight is 200 g/mol. The third kappa shape index (κ3) is 3.64. The first-order valence-electron chi connectivity index (χ1n) is 5.39. The van der Waals surface area contributed by atoms with Crippen molar-refractivity contribution >= 4 is 5.97 Å². The number of carbonyl (C=O) groups is 1. The van der Waals surface area contributed by atoms with Gasteiger partial charge in [0, 0.05) is 6.04 Å². The number of hydrogen-bond donors (Lipinski definition) is 2. The number of nitrogens with two attached hydrogens (primary N) is 1. The second-order valence-electron chi connectivity index (χ2n) is 3.73. The van der Waals surface area contributed by atoms with Crippen LogP contribution in [-0.2, 0) is 9.53 Å². The van der Waals surface area contributed by atoms with E-state index < -0.39 is 0 Å². The Morgan fingerprint density at radius 3 is 2.57 bits per heavy atom. The summed E-state index contributed by atoms with van der Waals surface area (Å²) in [6.45, 7) is 3.12. The van der Waals surface area contributed by atoms with E-state index in [1.54, 1.807) is 0 Å². The second-order valence-corrected chi connectivity index (χ2v) is 3.73. The van der Waals surface area contributed by atoms with Crippen LogP contribution in [0, 0.1) is 0 Å². The van der Waals surface area contributed by atoms with Gasteiger partial charge in [-0.15, -0.1) is 0 Å². The van der Waals surface area contributed by atoms with Gasteiger partial charge in [0.2, 0.25) is 0 Å². The van der Waals surface area contributed by atoms with Crippen LogP contribution in [0.2, 0.25) is 0 Å². The minimum absolute atomic E-state index is 0.00681. The second kappa shape index (κ2) is 5.98. The topological polar surface area (TPSA) is 64.3 Å². The van der Waals surface area contributed by atoms with E-state index in [4.69, 9.17) is 10.5 Å². The molecule has 1 aliphatic rings. The molecule has 1 rings (SSSR count). The summed E-state index contributed by atoms with van der Waals surface area (Å²) in [5.41, 5.74) is 5.18. The maximum absolute atomic E-state index is 10.9. The number of rotatable bonds is 4. The van der Waals surface area contributed by atoms with E-state index >= 15 is 0 Å². The van der Waals surface area contributed by atoms with Gasteiger partial charge in [0.1, 0.15) is 6.10 Å². The summed E-state index contributed by atoms with van der Waals surface area (Å²) in [6.07, 6.45) is 4.21. The molecule has 0 heterocycles. The van der Waals surface area contributed by atoms with Crippen molar-refractivity contribution in [3.05, 3.63) is 0 Å². The lowest BCUT2D eigenvalue weighted by atomic mass is 9.93. The molecule has 1 fully saturated rings. The minimum Gasteiger partial charge on any atom is -0.461 e. The van der Waals surface area contributed by atoms with Crippen LogP contribution in [0.3, 0.4) is 0 Å². The fourth-order valence-corrected chi connectivity index (χ4v) is 1.91. The molecule has 0 aromatic rings. The van der Waals surface area contributed by atoms with Gasteiger partial charge in [-0.2, -0.15) is 0 Å². The quantitative estimate of drug-likeness (QED) is 0.645. The summed E-state index contributed by atoms with van der Waals surface area (Å²) < 4.78 is 5.18. The minimum atomic E-state index is -0.281. The van der Waals surface area contributed by atoms with Gasteiger partial charge in [-0.3, -0.25) is 4.79 Å². The Bertz CT molecular complexity index is 177. The zero-order chi connectivity index (χ0) is 10.4. The molecule has 0 aromatic heterocycles. The van der Waals surface area contributed by atoms with Crippen LogP contribution in [0.1, 0.15) is 32.6 Å². The normalized spacial score (nSPS) is 27.3. The van der Waals surface area contributed by atoms with Crippen LogP contribution >= 0.6 is 0 Å². The first-order chi connectivity index (χ1) is 6.76. The van der Waals surface area contributed by atoms with Crippen LogP contribution in [0.15, 0.2) is 0 Å². The van der Waals surface area contributed by atoms with E-state index in [-0.39, 0.29) is 18.6 Å². The van der Waals surface area contributed by atoms with E-state index in [1.165, 1.54) is 0 Å². The Kier molecular flexibility index (Phi) is 4.90. The molecule has 1 saturated carbocycles. The molecule has 4 heteroatoms. The van der Waals surface area contributed by atoms with Crippen LogP contribution in [0.25, 0.3) is 0 Å². The van der Waals surface area contributed by atoms with Crippen molar-refractivity contribution in [1.29, 1.82) is 0 Å². The molecule has 14 heavy (non-hydrogen) atoms. The summed E-state index contributed by atoms with van der Waals surface area (Å²) in [7, 11) is 0. The van der Waals surface area contributed by atoms with E-state index in [2.05, 4.69) is 12.2 Å². The first kappa shape index (κ1) is 11.5. The number of carbonyl (C=O) groups excluding carboxylic acids is 1. The SMILES string of the molecule is CCN[C@H]1CC[C@H](OC(=O)CN)CC1. The lowest BCUT2D eigenvalue weighted by molar-refractivity contribution is -0.148. The third-order valence-electron chi connectivity index (χ3n) is 2.63. The van der Waals surface area contributed by atoms with Crippen molar-refractivity contribution in [2.45, 2.75) is 44.8 Å². The summed E-state index contributed by atoms with van der Waals surface area (Å²) in [6, 6.07) is 0.604. The molecule has 0 saturated heterocycles. The fourth-order valence-electron chi connectivity index (χ4n) is 1.91. The van der Waals surface area contributed by atoms with Gasteiger partial charge in [0.25, 0.3) is 0 Å². The Labute approximate surface area is 85.2 Å². The van der Waals surface area contributed by atoms with Crippen molar-refractivity contribution in [2.75, 3.05) is 13.1 Å². The van der Waals surface area contributed by atoms with Crippen LogP contribution < -0.4 is 11.1 Å². The summed E-state index contributed by atoms with van der Waals surface area (Å²) in [5.74, 6) is -0.281. The summed E-state index contributed by atoms with van der Waals surface area (Å²) in [4.78, 5) is 10.9. The van der Waals surface area contributed by atoms with E-state index in [9.17, 15) is 4.79 Å². The van der Waals surface area contributed by atoms with E-state index in [0.717, 1.165) is 32.2 Å². The van der Waals surface area contributed by atoms with Crippen molar-refractivity contribution in [3.63, 3.8) is 0 Å². The maximum atomic E-state index is 10.9. The number of ether oxygens (including phenoxy) is 1. The largest absolute Gasteiger partial charge is 0.461 e. The Morgan fingerprint density at radius 1 is 1.43 bits per heavy atom. The lowest BCUT2D eigenvalue weighted by Gasteiger charge is -2.28. The van der Waals surface area contributed by atoms with Crippen LogP contribution in [0.4, 0.5) is 0 Å². The molecule has 4 nitrogen and oxygen atoms in total. The van der Waals surface area contributed by atoms with Gasteiger partial charge >= 0.3 is 5.97 Å². The molecule has 0 radical (unpaired) electrons. The molecule has 3 N–H and O–H groups in total. The Hall–Kier alpha value is -0.610. The van der Waals surface area contributed by atoms with Gasteiger partial charge in [-0.05, 0) is 32.2 Å². The highest BCUT2D eigenvalue weighted by Crippen LogP contribution is 2.21. The van der Waals surface area contributed by atoms with Gasteiger partial charge < -0.3 is 15.8 Å². The fraction of sp³-hybridized carbons (Fsp3) is 0.900. The summed E-state index contributed by atoms with van der Waals surface area (Å²) in [5, 5.41) is 3.41. The zero-order valence-corrected chi connectivity index (χ0v) is 8.79. The van der Waals surface area contributed by atoms with Crippen LogP contribution in [-0.4, -0.2) is 31.2 Å². The molecule has 0 unspecified atom stereocenters. The highest BCUT2D eigenvalue weighted by Gasteiger charge is 2.22. The average Bonchev–Trinajstić information content (AvgIpc) is 2.21. The van der Waals surface area contributed by atoms with E-state index in [1.807, 2.05) is 0 Å². The lowest BCUT2D eigenvalue weighted by Crippen LogP contribution is -2.36. The molecule has 0 amide bonds. The standard InChI is InChI=1S/C10H20N2O2/c1-2-12-8-3-5-9(6-4-8)14-10(13)7-11/h8-9,12H,2-7,11H2,1H3/t8-,9-. The van der Waals surface area contributed by atoms with Crippen molar-refractivity contribution < 1.29 is 9.53 Å². The molecule has 0 bridgehead atoms. The molecular formula is C10H20N2O2. The van der Waals surface area contributed by atoms with Gasteiger partial charge in [0.05, 0.1) is 6.54 Å². The Balaban J connectivity index is 2.18. The van der Waals surface area contributed by atoms with Crippen LogP contribution in [0.5, 0.6) is 0 Å². The highest BCUT2D eigenvalue weighted by atomic mass is 16.5. The molecule has 1 aliphatic carbocycles. The smallest absolute Gasteiger partial charge is 0.319 e. The first-order valence-corrected chi connectivity index (χ1v) is 5.39. The number of hydrogen-bond acceptors (Lipinski definition) is 4. The maximum Gasteiger partial charge on any atom is 0.319 e. The van der Waals surface area contributed by atoms with Crippen molar-refractivity contribution in [2.24, 2.45) is 5.73 Å². The van der Waals surface area contributed by atoms with E-state index in [0.29, 0.717) is 6.04 Å². The highest BCUT2D eigenvalue weighted by molar-refractivity contribution is 5.71. The zero-order valence-electron chi connectivity index (χ0n) is 8.79. The van der Waals surface area contributed by atoms with Gasteiger partial charge in [-0.25, -0.2) is 0 Å².